The first-order valence-corrected chi connectivity index (χ1v) is 32.3. The number of allylic oxidation sites excluding steroid dienone is 24. The maximum Gasteiger partial charge on any atom is 0.306 e. The lowest BCUT2D eigenvalue weighted by Gasteiger charge is -2.18. The Kier molecular flexibility index (Phi) is 61.9. The zero-order valence-electron chi connectivity index (χ0n) is 51.1. The van der Waals surface area contributed by atoms with E-state index >= 15 is 0 Å². The van der Waals surface area contributed by atoms with Crippen molar-refractivity contribution in [3.05, 3.63) is 146 Å². The van der Waals surface area contributed by atoms with E-state index in [2.05, 4.69) is 167 Å². The van der Waals surface area contributed by atoms with Crippen LogP contribution in [0.15, 0.2) is 146 Å². The predicted molar refractivity (Wildman–Crippen MR) is 343 cm³/mol. The van der Waals surface area contributed by atoms with Crippen LogP contribution in [0.2, 0.25) is 0 Å². The van der Waals surface area contributed by atoms with Gasteiger partial charge in [0.2, 0.25) is 0 Å². The van der Waals surface area contributed by atoms with E-state index in [1.807, 2.05) is 0 Å². The highest BCUT2D eigenvalue weighted by atomic mass is 16.6. The largest absolute Gasteiger partial charge is 0.462 e. The first-order valence-electron chi connectivity index (χ1n) is 32.3. The SMILES string of the molecule is CC/C=C\C/C=C\C/C=C\C/C=C\C/C=C\C/C=C\CCCCC(=O)OC(COC(=O)CCCC/C=C\C/C=C\C/C=C\C/C=C\CC)COC(=O)CCCCCCCCCCCCCCC/C=C\C/C=C\CCCCCCC. The second-order valence-corrected chi connectivity index (χ2v) is 20.9. The number of esters is 3. The molecule has 0 rings (SSSR count). The summed E-state index contributed by atoms with van der Waals surface area (Å²) in [6.07, 6.45) is 94.3. The van der Waals surface area contributed by atoms with Gasteiger partial charge in [-0.1, -0.05) is 263 Å². The molecule has 0 aromatic carbocycles. The first kappa shape index (κ1) is 74.3. The van der Waals surface area contributed by atoms with Crippen LogP contribution in [0.3, 0.4) is 0 Å². The molecule has 0 aliphatic heterocycles. The van der Waals surface area contributed by atoms with E-state index in [1.165, 1.54) is 109 Å². The molecule has 79 heavy (non-hydrogen) atoms. The molecule has 0 saturated heterocycles. The summed E-state index contributed by atoms with van der Waals surface area (Å²) >= 11 is 0. The van der Waals surface area contributed by atoms with Gasteiger partial charge in [-0.15, -0.1) is 0 Å². The Balaban J connectivity index is 4.46. The third kappa shape index (κ3) is 64.0. The zero-order valence-corrected chi connectivity index (χ0v) is 51.1. The van der Waals surface area contributed by atoms with Crippen molar-refractivity contribution in [3.8, 4) is 0 Å². The lowest BCUT2D eigenvalue weighted by molar-refractivity contribution is -0.167. The second kappa shape index (κ2) is 65.8. The summed E-state index contributed by atoms with van der Waals surface area (Å²) in [6.45, 7) is 6.34. The van der Waals surface area contributed by atoms with Crippen LogP contribution in [0.1, 0.15) is 278 Å². The molecule has 0 aromatic rings. The van der Waals surface area contributed by atoms with Crippen LogP contribution in [0, 0.1) is 0 Å². The van der Waals surface area contributed by atoms with Crippen molar-refractivity contribution in [3.63, 3.8) is 0 Å². The Morgan fingerprint density at radius 1 is 0.266 bits per heavy atom. The van der Waals surface area contributed by atoms with Gasteiger partial charge in [-0.05, 0) is 141 Å². The van der Waals surface area contributed by atoms with E-state index < -0.39 is 6.10 Å². The topological polar surface area (TPSA) is 78.9 Å². The molecule has 1 atom stereocenters. The number of ether oxygens (including phenoxy) is 3. The van der Waals surface area contributed by atoms with Gasteiger partial charge in [0.1, 0.15) is 13.2 Å². The molecule has 0 aliphatic rings. The van der Waals surface area contributed by atoms with Crippen LogP contribution in [0.4, 0.5) is 0 Å². The third-order valence-electron chi connectivity index (χ3n) is 13.3. The third-order valence-corrected chi connectivity index (χ3v) is 13.3. The maximum absolute atomic E-state index is 12.9. The van der Waals surface area contributed by atoms with Gasteiger partial charge in [0.05, 0.1) is 0 Å². The standard InChI is InChI=1S/C73H118O6/c1-4-7-10-13-16-19-22-25-28-30-32-34-35-36-37-39-40-42-45-48-51-54-57-60-63-66-72(75)78-69-70(68-77-71(74)65-62-59-56-53-50-47-44-27-24-21-18-15-12-9-6-3)79-73(76)67-64-61-58-55-52-49-46-43-41-38-33-31-29-26-23-20-17-14-11-8-5-2/h8-9,11-12,17-18,20-22,25-27,29-30,32-33,38,43-44,46,50,52-53,55,70H,4-7,10,13-16,19,23-24,28,31,34-37,39-42,45,47-49,51,54,56-69H2,1-3H3/b11-8-,12-9-,20-17-,21-18-,25-22-,29-26-,32-30-,38-33-,44-27-,46-43-,53-50-,55-52-. The average Bonchev–Trinajstić information content (AvgIpc) is 3.45. The average molecular weight is 1090 g/mol. The summed E-state index contributed by atoms with van der Waals surface area (Å²) in [5.41, 5.74) is 0. The fraction of sp³-hybridized carbons (Fsp3) is 0.630. The van der Waals surface area contributed by atoms with Crippen molar-refractivity contribution in [2.24, 2.45) is 0 Å². The minimum atomic E-state index is -0.826. The first-order chi connectivity index (χ1) is 39.0. The molecular formula is C73H118O6. The molecule has 0 amide bonds. The highest BCUT2D eigenvalue weighted by Gasteiger charge is 2.19. The quantitative estimate of drug-likeness (QED) is 0.0261. The molecule has 0 aromatic heterocycles. The van der Waals surface area contributed by atoms with Crippen LogP contribution in [-0.4, -0.2) is 37.2 Å². The summed E-state index contributed by atoms with van der Waals surface area (Å²) in [6, 6.07) is 0. The minimum Gasteiger partial charge on any atom is -0.462 e. The van der Waals surface area contributed by atoms with Gasteiger partial charge < -0.3 is 14.2 Å². The molecule has 0 N–H and O–H groups in total. The van der Waals surface area contributed by atoms with Crippen molar-refractivity contribution in [1.82, 2.24) is 0 Å². The van der Waals surface area contributed by atoms with E-state index in [4.69, 9.17) is 14.2 Å². The van der Waals surface area contributed by atoms with Crippen LogP contribution < -0.4 is 0 Å². The van der Waals surface area contributed by atoms with Crippen LogP contribution in [0.25, 0.3) is 0 Å². The summed E-state index contributed by atoms with van der Waals surface area (Å²) in [5, 5.41) is 0. The minimum absolute atomic E-state index is 0.114. The molecule has 6 heteroatoms. The van der Waals surface area contributed by atoms with Gasteiger partial charge >= 0.3 is 17.9 Å². The maximum atomic E-state index is 12.9. The van der Waals surface area contributed by atoms with Gasteiger partial charge in [-0.2, -0.15) is 0 Å². The number of carbonyl (C=O) groups excluding carboxylic acids is 3. The molecule has 6 nitrogen and oxygen atoms in total. The normalized spacial score (nSPS) is 13.1. The van der Waals surface area contributed by atoms with Crippen molar-refractivity contribution < 1.29 is 28.6 Å². The fourth-order valence-electron chi connectivity index (χ4n) is 8.53. The fourth-order valence-corrected chi connectivity index (χ4v) is 8.53. The van der Waals surface area contributed by atoms with Crippen molar-refractivity contribution in [2.75, 3.05) is 13.2 Å². The van der Waals surface area contributed by atoms with Crippen LogP contribution in [-0.2, 0) is 28.6 Å². The number of rotatable bonds is 57. The van der Waals surface area contributed by atoms with Gasteiger partial charge in [-0.3, -0.25) is 14.4 Å². The summed E-state index contributed by atoms with van der Waals surface area (Å²) in [7, 11) is 0. The Bertz CT molecular complexity index is 1730. The molecular weight excluding hydrogens is 973 g/mol. The van der Waals surface area contributed by atoms with E-state index in [0.717, 1.165) is 116 Å². The highest BCUT2D eigenvalue weighted by Crippen LogP contribution is 2.15. The van der Waals surface area contributed by atoms with Crippen molar-refractivity contribution >= 4 is 17.9 Å². The van der Waals surface area contributed by atoms with Crippen LogP contribution in [0.5, 0.6) is 0 Å². The monoisotopic (exact) mass is 1090 g/mol. The smallest absolute Gasteiger partial charge is 0.306 e. The molecule has 0 spiro atoms. The Morgan fingerprint density at radius 2 is 0.494 bits per heavy atom. The van der Waals surface area contributed by atoms with Gasteiger partial charge in [-0.25, -0.2) is 0 Å². The predicted octanol–water partition coefficient (Wildman–Crippen LogP) is 22.3. The molecule has 0 heterocycles. The zero-order chi connectivity index (χ0) is 57.1. The number of carbonyl (C=O) groups is 3. The molecule has 1 unspecified atom stereocenters. The van der Waals surface area contributed by atoms with Gasteiger partial charge in [0.25, 0.3) is 0 Å². The summed E-state index contributed by atoms with van der Waals surface area (Å²) in [4.78, 5) is 38.3. The Hall–Kier alpha value is -4.71. The summed E-state index contributed by atoms with van der Waals surface area (Å²) < 4.78 is 16.9. The molecule has 0 bridgehead atoms. The molecule has 0 aliphatic carbocycles. The molecule has 446 valence electrons. The molecule has 0 saturated carbocycles. The Morgan fingerprint density at radius 3 is 0.797 bits per heavy atom. The van der Waals surface area contributed by atoms with E-state index in [9.17, 15) is 14.4 Å². The highest BCUT2D eigenvalue weighted by molar-refractivity contribution is 5.71. The lowest BCUT2D eigenvalue weighted by Crippen LogP contribution is -2.30. The lowest BCUT2D eigenvalue weighted by atomic mass is 10.0. The number of hydrogen-bond acceptors (Lipinski definition) is 6. The summed E-state index contributed by atoms with van der Waals surface area (Å²) in [5.74, 6) is -1.00. The van der Waals surface area contributed by atoms with Gasteiger partial charge in [0.15, 0.2) is 6.10 Å². The number of unbranched alkanes of at least 4 members (excludes halogenated alkanes) is 22. The van der Waals surface area contributed by atoms with Crippen molar-refractivity contribution in [1.29, 1.82) is 0 Å². The van der Waals surface area contributed by atoms with Crippen molar-refractivity contribution in [2.45, 2.75) is 284 Å². The van der Waals surface area contributed by atoms with Crippen LogP contribution >= 0.6 is 0 Å². The molecule has 0 fully saturated rings. The second-order valence-electron chi connectivity index (χ2n) is 20.9. The Labute approximate surface area is 487 Å². The number of hydrogen-bond donors (Lipinski definition) is 0. The van der Waals surface area contributed by atoms with E-state index in [0.29, 0.717) is 25.7 Å². The van der Waals surface area contributed by atoms with Gasteiger partial charge in [0, 0.05) is 19.3 Å². The molecule has 0 radical (unpaired) electrons. The van der Waals surface area contributed by atoms with E-state index in [-0.39, 0.29) is 37.5 Å². The van der Waals surface area contributed by atoms with E-state index in [1.54, 1.807) is 0 Å².